The number of rotatable bonds is 0. The standard InChI is InChI=1S/C11H15N.C2H6/c1-8-4-3-5-10-7-12-9(2)6-11(8)10;1-2/h6-8H,3-5H2,1-2H3;1-2H3. The fourth-order valence-electron chi connectivity index (χ4n) is 2.03. The highest BCUT2D eigenvalue weighted by Crippen LogP contribution is 2.30. The maximum Gasteiger partial charge on any atom is 0.0375 e. The van der Waals surface area contributed by atoms with E-state index in [0.717, 1.165) is 11.6 Å². The molecule has 1 atom stereocenters. The Hall–Kier alpha value is -0.850. The number of fused-ring (bicyclic) bond motifs is 1. The van der Waals surface area contributed by atoms with Crippen LogP contribution in [0.4, 0.5) is 0 Å². The molecule has 0 bridgehead atoms. The molecule has 1 heterocycles. The van der Waals surface area contributed by atoms with Gasteiger partial charge in [-0.2, -0.15) is 0 Å². The smallest absolute Gasteiger partial charge is 0.0375 e. The molecule has 1 nitrogen and oxygen atoms in total. The van der Waals surface area contributed by atoms with Gasteiger partial charge < -0.3 is 0 Å². The lowest BCUT2D eigenvalue weighted by molar-refractivity contribution is 0.587. The van der Waals surface area contributed by atoms with E-state index in [1.54, 1.807) is 0 Å². The molecule has 1 aromatic rings. The fourth-order valence-corrected chi connectivity index (χ4v) is 2.03. The van der Waals surface area contributed by atoms with Crippen LogP contribution in [0.1, 0.15) is 56.4 Å². The summed E-state index contributed by atoms with van der Waals surface area (Å²) < 4.78 is 0. The molecular formula is C13H21N. The average molecular weight is 191 g/mol. The van der Waals surface area contributed by atoms with Crippen molar-refractivity contribution in [2.75, 3.05) is 0 Å². The number of nitrogens with zero attached hydrogens (tertiary/aromatic N) is 1. The molecular weight excluding hydrogens is 170 g/mol. The van der Waals surface area contributed by atoms with E-state index in [0.29, 0.717) is 0 Å². The summed E-state index contributed by atoms with van der Waals surface area (Å²) in [7, 11) is 0. The monoisotopic (exact) mass is 191 g/mol. The molecule has 0 saturated heterocycles. The van der Waals surface area contributed by atoms with E-state index in [4.69, 9.17) is 0 Å². The van der Waals surface area contributed by atoms with Crippen molar-refractivity contribution in [3.8, 4) is 0 Å². The minimum atomic E-state index is 0.746. The molecule has 1 unspecified atom stereocenters. The number of pyridine rings is 1. The third kappa shape index (κ3) is 2.34. The molecule has 0 saturated carbocycles. The van der Waals surface area contributed by atoms with Crippen molar-refractivity contribution in [2.45, 2.75) is 52.9 Å². The highest BCUT2D eigenvalue weighted by atomic mass is 14.7. The first-order valence-electron chi connectivity index (χ1n) is 5.73. The van der Waals surface area contributed by atoms with Gasteiger partial charge in [-0.1, -0.05) is 20.8 Å². The Balaban J connectivity index is 0.000000461. The molecule has 0 amide bonds. The van der Waals surface area contributed by atoms with E-state index in [1.807, 2.05) is 13.8 Å². The summed E-state index contributed by atoms with van der Waals surface area (Å²) in [5.41, 5.74) is 4.16. The molecule has 0 aromatic carbocycles. The second-order valence-corrected chi connectivity index (χ2v) is 3.82. The van der Waals surface area contributed by atoms with Crippen LogP contribution in [0, 0.1) is 6.92 Å². The largest absolute Gasteiger partial charge is 0.261 e. The first-order valence-corrected chi connectivity index (χ1v) is 5.73. The van der Waals surface area contributed by atoms with E-state index in [9.17, 15) is 0 Å². The quantitative estimate of drug-likeness (QED) is 0.607. The summed E-state index contributed by atoms with van der Waals surface area (Å²) in [6.07, 6.45) is 5.96. The second kappa shape index (κ2) is 5.14. The zero-order valence-electron chi connectivity index (χ0n) is 9.80. The van der Waals surface area contributed by atoms with Gasteiger partial charge in [0.1, 0.15) is 0 Å². The molecule has 14 heavy (non-hydrogen) atoms. The van der Waals surface area contributed by atoms with Gasteiger partial charge in [-0.15, -0.1) is 0 Å². The van der Waals surface area contributed by atoms with Crippen LogP contribution < -0.4 is 0 Å². The van der Waals surface area contributed by atoms with Crippen LogP contribution in [0.2, 0.25) is 0 Å². The minimum Gasteiger partial charge on any atom is -0.261 e. The van der Waals surface area contributed by atoms with Crippen LogP contribution in [-0.2, 0) is 6.42 Å². The Morgan fingerprint density at radius 3 is 2.79 bits per heavy atom. The number of aryl methyl sites for hydroxylation is 2. The van der Waals surface area contributed by atoms with Gasteiger partial charge in [-0.25, -0.2) is 0 Å². The van der Waals surface area contributed by atoms with E-state index in [2.05, 4.69) is 31.1 Å². The maximum absolute atomic E-state index is 4.33. The molecule has 1 aliphatic rings. The molecule has 0 fully saturated rings. The summed E-state index contributed by atoms with van der Waals surface area (Å²) in [5.74, 6) is 0.746. The van der Waals surface area contributed by atoms with Crippen LogP contribution >= 0.6 is 0 Å². The Kier molecular flexibility index (Phi) is 4.12. The summed E-state index contributed by atoms with van der Waals surface area (Å²) in [4.78, 5) is 4.33. The highest BCUT2D eigenvalue weighted by Gasteiger charge is 2.15. The average Bonchev–Trinajstić information content (AvgIpc) is 2.22. The Morgan fingerprint density at radius 2 is 2.07 bits per heavy atom. The van der Waals surface area contributed by atoms with Crippen LogP contribution in [-0.4, -0.2) is 4.98 Å². The SMILES string of the molecule is CC.Cc1cc2c(cn1)CCCC2C. The van der Waals surface area contributed by atoms with Crippen molar-refractivity contribution in [3.63, 3.8) is 0 Å². The van der Waals surface area contributed by atoms with Gasteiger partial charge in [-0.05, 0) is 49.3 Å². The summed E-state index contributed by atoms with van der Waals surface area (Å²) in [5, 5.41) is 0. The predicted octanol–water partition coefficient (Wildman–Crippen LogP) is 3.86. The Morgan fingerprint density at radius 1 is 1.36 bits per heavy atom. The normalized spacial score (nSPS) is 19.3. The fraction of sp³-hybridized carbons (Fsp3) is 0.615. The van der Waals surface area contributed by atoms with Gasteiger partial charge in [0.05, 0.1) is 0 Å². The van der Waals surface area contributed by atoms with Crippen molar-refractivity contribution >= 4 is 0 Å². The zero-order valence-corrected chi connectivity index (χ0v) is 9.80. The maximum atomic E-state index is 4.33. The number of hydrogen-bond acceptors (Lipinski definition) is 1. The lowest BCUT2D eigenvalue weighted by Crippen LogP contribution is -2.07. The molecule has 78 valence electrons. The molecule has 0 aliphatic heterocycles. The van der Waals surface area contributed by atoms with Gasteiger partial charge >= 0.3 is 0 Å². The third-order valence-electron chi connectivity index (χ3n) is 2.77. The Labute approximate surface area is 87.6 Å². The van der Waals surface area contributed by atoms with Crippen molar-refractivity contribution < 1.29 is 0 Å². The summed E-state index contributed by atoms with van der Waals surface area (Å²) >= 11 is 0. The van der Waals surface area contributed by atoms with E-state index < -0.39 is 0 Å². The number of hydrogen-bond donors (Lipinski definition) is 0. The Bertz CT molecular complexity index is 291. The second-order valence-electron chi connectivity index (χ2n) is 3.82. The molecule has 1 heteroatoms. The lowest BCUT2D eigenvalue weighted by Gasteiger charge is -2.21. The van der Waals surface area contributed by atoms with Crippen molar-refractivity contribution in [3.05, 3.63) is 29.1 Å². The topological polar surface area (TPSA) is 12.9 Å². The van der Waals surface area contributed by atoms with E-state index >= 15 is 0 Å². The molecule has 0 N–H and O–H groups in total. The number of aromatic nitrogens is 1. The van der Waals surface area contributed by atoms with Crippen LogP contribution in [0.15, 0.2) is 12.3 Å². The van der Waals surface area contributed by atoms with Gasteiger partial charge in [-0.3, -0.25) is 4.98 Å². The first-order chi connectivity index (χ1) is 6.77. The highest BCUT2D eigenvalue weighted by molar-refractivity contribution is 5.31. The summed E-state index contributed by atoms with van der Waals surface area (Å²) in [6, 6.07) is 2.25. The van der Waals surface area contributed by atoms with E-state index in [-0.39, 0.29) is 0 Å². The van der Waals surface area contributed by atoms with Gasteiger partial charge in [0.2, 0.25) is 0 Å². The van der Waals surface area contributed by atoms with Crippen LogP contribution in [0.5, 0.6) is 0 Å². The molecule has 2 rings (SSSR count). The van der Waals surface area contributed by atoms with Gasteiger partial charge in [0.25, 0.3) is 0 Å². The summed E-state index contributed by atoms with van der Waals surface area (Å²) in [6.45, 7) is 8.39. The predicted molar refractivity (Wildman–Crippen MR) is 61.7 cm³/mol. The van der Waals surface area contributed by atoms with Crippen molar-refractivity contribution in [2.24, 2.45) is 0 Å². The molecule has 1 aromatic heterocycles. The lowest BCUT2D eigenvalue weighted by atomic mass is 9.85. The van der Waals surface area contributed by atoms with Crippen molar-refractivity contribution in [1.29, 1.82) is 0 Å². The molecule has 0 radical (unpaired) electrons. The van der Waals surface area contributed by atoms with Crippen molar-refractivity contribution in [1.82, 2.24) is 4.98 Å². The molecule has 1 aliphatic carbocycles. The van der Waals surface area contributed by atoms with Crippen LogP contribution in [0.3, 0.4) is 0 Å². The van der Waals surface area contributed by atoms with E-state index in [1.165, 1.54) is 30.4 Å². The zero-order chi connectivity index (χ0) is 10.6. The van der Waals surface area contributed by atoms with Gasteiger partial charge in [0.15, 0.2) is 0 Å². The molecule has 0 spiro atoms. The van der Waals surface area contributed by atoms with Crippen LogP contribution in [0.25, 0.3) is 0 Å². The minimum absolute atomic E-state index is 0.746. The van der Waals surface area contributed by atoms with Gasteiger partial charge in [0, 0.05) is 11.9 Å². The first kappa shape index (κ1) is 11.2. The third-order valence-corrected chi connectivity index (χ3v) is 2.77.